The number of halogens is 2. The third kappa shape index (κ3) is 7.85. The number of benzene rings is 1. The molecule has 0 aromatic heterocycles. The van der Waals surface area contributed by atoms with Crippen LogP contribution in [-0.2, 0) is 4.79 Å². The molecule has 1 saturated heterocycles. The Bertz CT molecular complexity index is 481. The van der Waals surface area contributed by atoms with Crippen molar-refractivity contribution in [3.8, 4) is 0 Å². The van der Waals surface area contributed by atoms with Crippen molar-refractivity contribution >= 4 is 36.4 Å². The Labute approximate surface area is 164 Å². The van der Waals surface area contributed by atoms with Crippen molar-refractivity contribution in [2.24, 2.45) is 11.8 Å². The molecule has 6 heteroatoms. The van der Waals surface area contributed by atoms with Gasteiger partial charge >= 0.3 is 0 Å². The molecule has 1 heterocycles. The smallest absolute Gasteiger partial charge is 0.220 e. The summed E-state index contributed by atoms with van der Waals surface area (Å²) >= 11 is 0. The van der Waals surface area contributed by atoms with Crippen molar-refractivity contribution < 1.29 is 4.79 Å². The van der Waals surface area contributed by atoms with E-state index in [0.29, 0.717) is 24.8 Å². The first-order valence-corrected chi connectivity index (χ1v) is 8.83. The molecule has 1 amide bonds. The summed E-state index contributed by atoms with van der Waals surface area (Å²) < 4.78 is 0. The van der Waals surface area contributed by atoms with Crippen LogP contribution in [0.5, 0.6) is 0 Å². The van der Waals surface area contributed by atoms with E-state index in [1.54, 1.807) is 0 Å². The van der Waals surface area contributed by atoms with Gasteiger partial charge in [-0.05, 0) is 56.8 Å². The molecule has 3 unspecified atom stereocenters. The van der Waals surface area contributed by atoms with E-state index in [-0.39, 0.29) is 36.8 Å². The fourth-order valence-corrected chi connectivity index (χ4v) is 3.21. The zero-order valence-corrected chi connectivity index (χ0v) is 17.2. The summed E-state index contributed by atoms with van der Waals surface area (Å²) in [6, 6.07) is 10.6. The number of para-hydroxylation sites is 1. The first-order chi connectivity index (χ1) is 11.1. The molecule has 0 spiro atoms. The Morgan fingerprint density at radius 3 is 2.56 bits per heavy atom. The summed E-state index contributed by atoms with van der Waals surface area (Å²) in [6.45, 7) is 7.21. The topological polar surface area (TPSA) is 44.4 Å². The minimum absolute atomic E-state index is 0. The summed E-state index contributed by atoms with van der Waals surface area (Å²) in [7, 11) is 2.07. The number of hydrogen-bond acceptors (Lipinski definition) is 3. The number of carbonyl (C=O) groups is 1. The number of nitrogens with zero attached hydrogens (tertiary/aromatic N) is 1. The van der Waals surface area contributed by atoms with Crippen LogP contribution in [0.1, 0.15) is 33.1 Å². The Kier molecular flexibility index (Phi) is 11.9. The largest absolute Gasteiger partial charge is 0.370 e. The van der Waals surface area contributed by atoms with Gasteiger partial charge in [-0.2, -0.15) is 0 Å². The number of anilines is 1. The minimum atomic E-state index is 0. The van der Waals surface area contributed by atoms with Gasteiger partial charge in [0.25, 0.3) is 0 Å². The van der Waals surface area contributed by atoms with Crippen LogP contribution in [0.4, 0.5) is 5.69 Å². The van der Waals surface area contributed by atoms with Crippen molar-refractivity contribution in [1.29, 1.82) is 0 Å². The maximum absolute atomic E-state index is 12.2. The van der Waals surface area contributed by atoms with Crippen molar-refractivity contribution in [2.75, 3.05) is 31.6 Å². The molecule has 1 aliphatic heterocycles. The molecular formula is C19H33Cl2N3O. The number of rotatable bonds is 7. The summed E-state index contributed by atoms with van der Waals surface area (Å²) in [4.78, 5) is 14.4. The van der Waals surface area contributed by atoms with Crippen LogP contribution >= 0.6 is 24.8 Å². The number of likely N-dealkylation sites (N-methyl/N-ethyl adjacent to an activating group) is 1. The van der Waals surface area contributed by atoms with Crippen LogP contribution in [0.15, 0.2) is 30.3 Å². The fraction of sp³-hybridized carbons (Fsp3) is 0.632. The van der Waals surface area contributed by atoms with E-state index in [1.165, 1.54) is 18.5 Å². The zero-order valence-electron chi connectivity index (χ0n) is 15.5. The lowest BCUT2D eigenvalue weighted by molar-refractivity contribution is -0.122. The predicted octanol–water partition coefficient (Wildman–Crippen LogP) is 3.50. The standard InChI is InChI=1S/C19H31N3O.2ClH/c1-15(17-8-7-11-20-14-17)12-19(23)21-13-16(2)22(3)18-9-5-4-6-10-18;;/h4-6,9-10,15-17,20H,7-8,11-14H2,1-3H3,(H,21,23);2*1H. The molecule has 4 nitrogen and oxygen atoms in total. The second-order valence-electron chi connectivity index (χ2n) is 6.89. The highest BCUT2D eigenvalue weighted by Crippen LogP contribution is 2.22. The Morgan fingerprint density at radius 2 is 1.96 bits per heavy atom. The first kappa shape index (κ1) is 24.0. The first-order valence-electron chi connectivity index (χ1n) is 8.83. The van der Waals surface area contributed by atoms with Gasteiger partial charge in [-0.25, -0.2) is 0 Å². The van der Waals surface area contributed by atoms with Gasteiger partial charge in [0.1, 0.15) is 0 Å². The van der Waals surface area contributed by atoms with Gasteiger partial charge < -0.3 is 15.5 Å². The average Bonchev–Trinajstić information content (AvgIpc) is 2.60. The molecule has 1 fully saturated rings. The van der Waals surface area contributed by atoms with Crippen molar-refractivity contribution in [3.63, 3.8) is 0 Å². The van der Waals surface area contributed by atoms with E-state index in [1.807, 2.05) is 18.2 Å². The van der Waals surface area contributed by atoms with Gasteiger partial charge in [-0.15, -0.1) is 24.8 Å². The Hall–Kier alpha value is -0.970. The molecular weight excluding hydrogens is 357 g/mol. The maximum atomic E-state index is 12.2. The van der Waals surface area contributed by atoms with Crippen molar-refractivity contribution in [2.45, 2.75) is 39.2 Å². The van der Waals surface area contributed by atoms with Gasteiger partial charge in [-0.1, -0.05) is 25.1 Å². The molecule has 2 N–H and O–H groups in total. The van der Waals surface area contributed by atoms with E-state index in [4.69, 9.17) is 0 Å². The highest BCUT2D eigenvalue weighted by atomic mass is 35.5. The number of nitrogens with one attached hydrogen (secondary N) is 2. The molecule has 0 saturated carbocycles. The highest BCUT2D eigenvalue weighted by Gasteiger charge is 2.22. The van der Waals surface area contributed by atoms with E-state index in [0.717, 1.165) is 13.1 Å². The summed E-state index contributed by atoms with van der Waals surface area (Å²) in [6.07, 6.45) is 3.11. The second-order valence-corrected chi connectivity index (χ2v) is 6.89. The number of piperidine rings is 1. The second kappa shape index (κ2) is 12.4. The molecule has 2 rings (SSSR count). The van der Waals surface area contributed by atoms with Gasteiger partial charge in [0.2, 0.25) is 5.91 Å². The fourth-order valence-electron chi connectivity index (χ4n) is 3.21. The van der Waals surface area contributed by atoms with Crippen LogP contribution in [-0.4, -0.2) is 38.6 Å². The molecule has 0 radical (unpaired) electrons. The SMILES string of the molecule is CC(CC(=O)NCC(C)N(C)c1ccccc1)C1CCCNC1.Cl.Cl. The lowest BCUT2D eigenvalue weighted by Gasteiger charge is -2.29. The number of hydrogen-bond donors (Lipinski definition) is 2. The van der Waals surface area contributed by atoms with Crippen molar-refractivity contribution in [1.82, 2.24) is 10.6 Å². The molecule has 1 aromatic carbocycles. The van der Waals surface area contributed by atoms with Gasteiger partial charge in [-0.3, -0.25) is 4.79 Å². The molecule has 144 valence electrons. The van der Waals surface area contributed by atoms with Crippen LogP contribution < -0.4 is 15.5 Å². The third-order valence-corrected chi connectivity index (χ3v) is 5.07. The Balaban J connectivity index is 0.00000288. The zero-order chi connectivity index (χ0) is 16.7. The van der Waals surface area contributed by atoms with E-state index in [2.05, 4.69) is 48.6 Å². The Morgan fingerprint density at radius 1 is 1.28 bits per heavy atom. The summed E-state index contributed by atoms with van der Waals surface area (Å²) in [5.74, 6) is 1.26. The molecule has 25 heavy (non-hydrogen) atoms. The quantitative estimate of drug-likeness (QED) is 0.749. The van der Waals surface area contributed by atoms with Crippen LogP contribution in [0.25, 0.3) is 0 Å². The lowest BCUT2D eigenvalue weighted by atomic mass is 9.85. The average molecular weight is 390 g/mol. The van der Waals surface area contributed by atoms with Crippen molar-refractivity contribution in [3.05, 3.63) is 30.3 Å². The molecule has 1 aromatic rings. The highest BCUT2D eigenvalue weighted by molar-refractivity contribution is 5.85. The predicted molar refractivity (Wildman–Crippen MR) is 111 cm³/mol. The minimum Gasteiger partial charge on any atom is -0.370 e. The van der Waals surface area contributed by atoms with E-state index < -0.39 is 0 Å². The van der Waals surface area contributed by atoms with Crippen LogP contribution in [0.2, 0.25) is 0 Å². The molecule has 0 aliphatic carbocycles. The molecule has 1 aliphatic rings. The lowest BCUT2D eigenvalue weighted by Crippen LogP contribution is -2.41. The van der Waals surface area contributed by atoms with E-state index in [9.17, 15) is 4.79 Å². The molecule has 3 atom stereocenters. The van der Waals surface area contributed by atoms with E-state index >= 15 is 0 Å². The van der Waals surface area contributed by atoms with Gasteiger partial charge in [0.05, 0.1) is 0 Å². The third-order valence-electron chi connectivity index (χ3n) is 5.07. The van der Waals surface area contributed by atoms with Gasteiger partial charge in [0.15, 0.2) is 0 Å². The normalized spacial score (nSPS) is 18.9. The number of carbonyl (C=O) groups excluding carboxylic acids is 1. The number of amides is 1. The summed E-state index contributed by atoms with van der Waals surface area (Å²) in [5.41, 5.74) is 1.18. The maximum Gasteiger partial charge on any atom is 0.220 e. The van der Waals surface area contributed by atoms with Gasteiger partial charge in [0, 0.05) is 31.7 Å². The van der Waals surface area contributed by atoms with Crippen LogP contribution in [0.3, 0.4) is 0 Å². The molecule has 0 bridgehead atoms. The monoisotopic (exact) mass is 389 g/mol. The summed E-state index contributed by atoms with van der Waals surface area (Å²) in [5, 5.41) is 6.54. The van der Waals surface area contributed by atoms with Crippen LogP contribution in [0, 0.1) is 11.8 Å².